The molecule has 2 rings (SSSR count). The quantitative estimate of drug-likeness (QED) is 0.274. The molecule has 0 aromatic rings. The van der Waals surface area contributed by atoms with Crippen molar-refractivity contribution in [2.24, 2.45) is 10.9 Å². The molecule has 4 N–H and O–H groups in total. The molecule has 0 aromatic carbocycles. The number of amidine groups is 1. The minimum Gasteiger partial charge on any atom is -0.409 e. The van der Waals surface area contributed by atoms with E-state index in [-0.39, 0.29) is 24.0 Å². The molecule has 2 atom stereocenters. The van der Waals surface area contributed by atoms with Gasteiger partial charge in [0.05, 0.1) is 18.7 Å². The number of carbonyl (C=O) groups excluding carboxylic acids is 1. The van der Waals surface area contributed by atoms with Crippen molar-refractivity contribution >= 4 is 11.9 Å². The van der Waals surface area contributed by atoms with Gasteiger partial charge in [-0.1, -0.05) is 5.16 Å². The number of hydrogen-bond donors (Lipinski definition) is 3. The lowest BCUT2D eigenvalue weighted by Crippen LogP contribution is -2.57. The average Bonchev–Trinajstić information content (AvgIpc) is 2.98. The highest BCUT2D eigenvalue weighted by molar-refractivity contribution is 5.84. The first-order valence-electron chi connectivity index (χ1n) is 6.96. The van der Waals surface area contributed by atoms with Crippen molar-refractivity contribution in [2.75, 3.05) is 39.4 Å². The van der Waals surface area contributed by atoms with Crippen LogP contribution < -0.4 is 11.1 Å². The molecule has 2 aliphatic rings. The van der Waals surface area contributed by atoms with Crippen LogP contribution in [0.1, 0.15) is 13.3 Å². The topological polar surface area (TPSA) is 103 Å². The number of nitrogens with one attached hydrogen (secondary N) is 1. The molecule has 114 valence electrons. The van der Waals surface area contributed by atoms with Gasteiger partial charge in [0, 0.05) is 32.8 Å². The zero-order chi connectivity index (χ0) is 14.5. The molecule has 20 heavy (non-hydrogen) atoms. The van der Waals surface area contributed by atoms with Crippen LogP contribution in [0.5, 0.6) is 0 Å². The Bertz CT molecular complexity index is 362. The molecule has 0 bridgehead atoms. The Kier molecular flexibility index (Phi) is 5.02. The Hall–Kier alpha value is -1.54. The highest BCUT2D eigenvalue weighted by Crippen LogP contribution is 2.09. The van der Waals surface area contributed by atoms with E-state index < -0.39 is 0 Å². The first-order chi connectivity index (χ1) is 9.61. The predicted octanol–water partition coefficient (Wildman–Crippen LogP) is -0.763. The molecule has 2 unspecified atom stereocenters. The van der Waals surface area contributed by atoms with Gasteiger partial charge in [0.1, 0.15) is 0 Å². The van der Waals surface area contributed by atoms with E-state index in [1.165, 1.54) is 0 Å². The van der Waals surface area contributed by atoms with Crippen molar-refractivity contribution < 1.29 is 14.7 Å². The van der Waals surface area contributed by atoms with Gasteiger partial charge in [-0.25, -0.2) is 4.79 Å². The summed E-state index contributed by atoms with van der Waals surface area (Å²) in [4.78, 5) is 16.0. The van der Waals surface area contributed by atoms with E-state index in [2.05, 4.69) is 15.4 Å². The van der Waals surface area contributed by atoms with Crippen molar-refractivity contribution in [1.29, 1.82) is 0 Å². The number of piperazine rings is 1. The summed E-state index contributed by atoms with van der Waals surface area (Å²) in [6, 6.07) is -0.0123. The van der Waals surface area contributed by atoms with Crippen LogP contribution in [0.25, 0.3) is 0 Å². The van der Waals surface area contributed by atoms with Crippen molar-refractivity contribution in [3.63, 3.8) is 0 Å². The Morgan fingerprint density at radius 1 is 1.45 bits per heavy atom. The minimum atomic E-state index is -0.117. The lowest BCUT2D eigenvalue weighted by atomic mass is 10.2. The normalized spacial score (nSPS) is 26.6. The average molecular weight is 285 g/mol. The maximum atomic E-state index is 12.1. The molecule has 8 heteroatoms. The molecule has 2 fully saturated rings. The monoisotopic (exact) mass is 285 g/mol. The van der Waals surface area contributed by atoms with Crippen molar-refractivity contribution in [3.05, 3.63) is 0 Å². The molecular formula is C12H23N5O3. The number of carbonyl (C=O) groups is 1. The molecule has 2 aliphatic heterocycles. The predicted molar refractivity (Wildman–Crippen MR) is 73.8 cm³/mol. The van der Waals surface area contributed by atoms with E-state index in [1.807, 2.05) is 6.92 Å². The van der Waals surface area contributed by atoms with Crippen LogP contribution in [0, 0.1) is 0 Å². The smallest absolute Gasteiger partial charge is 0.317 e. The Morgan fingerprint density at radius 2 is 2.15 bits per heavy atom. The molecule has 2 saturated heterocycles. The summed E-state index contributed by atoms with van der Waals surface area (Å²) in [5.74, 6) is 0.200. The van der Waals surface area contributed by atoms with Crippen molar-refractivity contribution in [1.82, 2.24) is 15.1 Å². The zero-order valence-electron chi connectivity index (χ0n) is 11.8. The van der Waals surface area contributed by atoms with Crippen LogP contribution in [-0.4, -0.2) is 78.4 Å². The molecule has 8 nitrogen and oxygen atoms in total. The van der Waals surface area contributed by atoms with Gasteiger partial charge in [0.2, 0.25) is 0 Å². The van der Waals surface area contributed by atoms with E-state index >= 15 is 0 Å². The van der Waals surface area contributed by atoms with Crippen molar-refractivity contribution in [3.8, 4) is 0 Å². The van der Waals surface area contributed by atoms with Gasteiger partial charge < -0.3 is 25.9 Å². The first-order valence-corrected chi connectivity index (χ1v) is 6.96. The number of rotatable bonds is 3. The third-order valence-electron chi connectivity index (χ3n) is 3.95. The van der Waals surface area contributed by atoms with Gasteiger partial charge in [-0.3, -0.25) is 4.90 Å². The molecule has 2 heterocycles. The number of oxime groups is 1. The molecule has 2 amide bonds. The third kappa shape index (κ3) is 3.51. The number of ether oxygens (including phenoxy) is 1. The number of nitrogens with two attached hydrogens (primary N) is 1. The number of urea groups is 1. The van der Waals surface area contributed by atoms with Gasteiger partial charge in [-0.15, -0.1) is 0 Å². The fourth-order valence-corrected chi connectivity index (χ4v) is 2.50. The van der Waals surface area contributed by atoms with Gasteiger partial charge in [0.15, 0.2) is 5.84 Å². The van der Waals surface area contributed by atoms with Gasteiger partial charge in [0.25, 0.3) is 0 Å². The Labute approximate surface area is 118 Å². The minimum absolute atomic E-state index is 0.0309. The first kappa shape index (κ1) is 14.9. The molecule has 0 spiro atoms. The Morgan fingerprint density at radius 3 is 2.70 bits per heavy atom. The van der Waals surface area contributed by atoms with Crippen LogP contribution >= 0.6 is 0 Å². The summed E-state index contributed by atoms with van der Waals surface area (Å²) in [5, 5.41) is 14.7. The van der Waals surface area contributed by atoms with Crippen LogP contribution in [-0.2, 0) is 4.74 Å². The fourth-order valence-electron chi connectivity index (χ4n) is 2.50. The van der Waals surface area contributed by atoms with E-state index in [9.17, 15) is 4.79 Å². The summed E-state index contributed by atoms with van der Waals surface area (Å²) in [5.41, 5.74) is 5.60. The van der Waals surface area contributed by atoms with E-state index in [0.29, 0.717) is 32.8 Å². The number of amides is 2. The summed E-state index contributed by atoms with van der Waals surface area (Å²) in [6.45, 7) is 5.92. The van der Waals surface area contributed by atoms with Gasteiger partial charge in [-0.05, 0) is 13.3 Å². The highest BCUT2D eigenvalue weighted by atomic mass is 16.5. The maximum Gasteiger partial charge on any atom is 0.317 e. The second-order valence-electron chi connectivity index (χ2n) is 5.23. The summed E-state index contributed by atoms with van der Waals surface area (Å²) < 4.78 is 5.24. The highest BCUT2D eigenvalue weighted by Gasteiger charge is 2.27. The van der Waals surface area contributed by atoms with Crippen LogP contribution in [0.3, 0.4) is 0 Å². The summed E-state index contributed by atoms with van der Waals surface area (Å²) in [7, 11) is 0. The van der Waals surface area contributed by atoms with Crippen LogP contribution in [0.4, 0.5) is 4.79 Å². The van der Waals surface area contributed by atoms with Crippen molar-refractivity contribution in [2.45, 2.75) is 25.4 Å². The standard InChI is InChI=1S/C12H23N5O3/c1-9(11(13)15-19)16-3-5-17(6-4-16)12(18)14-10-2-7-20-8-10/h9-10,19H,2-8H2,1H3,(H2,13,15)(H,14,18). The molecule has 0 aliphatic carbocycles. The Balaban J connectivity index is 1.77. The van der Waals surface area contributed by atoms with Gasteiger partial charge in [-0.2, -0.15) is 0 Å². The van der Waals surface area contributed by atoms with E-state index in [1.54, 1.807) is 4.90 Å². The largest absolute Gasteiger partial charge is 0.409 e. The molecule has 0 radical (unpaired) electrons. The van der Waals surface area contributed by atoms with Crippen LogP contribution in [0.15, 0.2) is 5.16 Å². The molecular weight excluding hydrogens is 262 g/mol. The maximum absolute atomic E-state index is 12.1. The second-order valence-corrected chi connectivity index (χ2v) is 5.23. The second kappa shape index (κ2) is 6.76. The van der Waals surface area contributed by atoms with Gasteiger partial charge >= 0.3 is 6.03 Å². The lowest BCUT2D eigenvalue weighted by molar-refractivity contribution is 0.127. The zero-order valence-corrected chi connectivity index (χ0v) is 11.8. The lowest BCUT2D eigenvalue weighted by Gasteiger charge is -2.37. The summed E-state index contributed by atoms with van der Waals surface area (Å²) >= 11 is 0. The summed E-state index contributed by atoms with van der Waals surface area (Å²) in [6.07, 6.45) is 0.881. The molecule has 0 aromatic heterocycles. The third-order valence-corrected chi connectivity index (χ3v) is 3.95. The van der Waals surface area contributed by atoms with E-state index in [0.717, 1.165) is 13.0 Å². The van der Waals surface area contributed by atoms with E-state index in [4.69, 9.17) is 15.7 Å². The molecule has 0 saturated carbocycles. The SMILES string of the molecule is CC(C(N)=NO)N1CCN(C(=O)NC2CCOC2)CC1. The number of nitrogens with zero attached hydrogens (tertiary/aromatic N) is 3. The van der Waals surface area contributed by atoms with Crippen LogP contribution in [0.2, 0.25) is 0 Å². The number of hydrogen-bond acceptors (Lipinski definition) is 5. The fraction of sp³-hybridized carbons (Fsp3) is 0.833.